The predicted octanol–water partition coefficient (Wildman–Crippen LogP) is 9.46. The van der Waals surface area contributed by atoms with Crippen molar-refractivity contribution in [1.82, 2.24) is 48.0 Å². The first-order valence-corrected chi connectivity index (χ1v) is 22.9. The lowest BCUT2D eigenvalue weighted by Gasteiger charge is -2.23. The maximum atomic E-state index is 6.30. The van der Waals surface area contributed by atoms with Crippen molar-refractivity contribution in [3.63, 3.8) is 0 Å². The highest BCUT2D eigenvalue weighted by Gasteiger charge is 2.20. The third-order valence-corrected chi connectivity index (χ3v) is 11.7. The summed E-state index contributed by atoms with van der Waals surface area (Å²) in [6.45, 7) is 19.2. The van der Waals surface area contributed by atoms with Gasteiger partial charge < -0.3 is 27.7 Å². The first kappa shape index (κ1) is 43.3. The summed E-state index contributed by atoms with van der Waals surface area (Å²) in [5.74, 6) is 4.31. The summed E-state index contributed by atoms with van der Waals surface area (Å²) in [5, 5.41) is 0. The van der Waals surface area contributed by atoms with Crippen LogP contribution in [0.3, 0.4) is 0 Å². The molecule has 0 aliphatic heterocycles. The molecule has 0 fully saturated rings. The average Bonchev–Trinajstić information content (AvgIpc) is 4.03. The quantitative estimate of drug-likeness (QED) is 0.0526. The first-order chi connectivity index (χ1) is 30.6. The van der Waals surface area contributed by atoms with Crippen LogP contribution >= 0.6 is 0 Å². The molecule has 0 bridgehead atoms. The molecule has 4 aromatic carbocycles. The van der Waals surface area contributed by atoms with E-state index in [2.05, 4.69) is 153 Å². The third-order valence-electron chi connectivity index (χ3n) is 11.7. The molecule has 0 amide bonds. The SMILES string of the molecule is CCCn1c(CN(CCOCCOCCN(Cc2nc3ccccc3n2CCC)Cc2nc3ccccc3n2CCC)Cc2nc3ccccc3n2CCC)nc2ccccc21. The molecule has 0 radical (unpaired) electrons. The standard InChI is InChI=1S/C50H64N10O2/c1-5-25-57-43-21-13-9-17-39(43)51-47(57)35-55(36-48-52-40-18-10-14-22-44(40)58(48)26-6-2)29-31-61-33-34-62-32-30-56(37-49-53-41-19-11-15-23-45(41)59(49)27-7-3)38-50-54-42-20-12-16-24-46(42)60(50)28-8-4/h9-24H,5-8,25-38H2,1-4H3. The van der Waals surface area contributed by atoms with Gasteiger partial charge in [-0.05, 0) is 74.2 Å². The van der Waals surface area contributed by atoms with Gasteiger partial charge >= 0.3 is 0 Å². The Morgan fingerprint density at radius 1 is 0.371 bits per heavy atom. The van der Waals surface area contributed by atoms with Crippen LogP contribution in [0, 0.1) is 0 Å². The Bertz CT molecular complexity index is 2300. The van der Waals surface area contributed by atoms with Crippen molar-refractivity contribution in [1.29, 1.82) is 0 Å². The minimum atomic E-state index is 0.523. The fourth-order valence-corrected chi connectivity index (χ4v) is 8.81. The molecular weight excluding hydrogens is 773 g/mol. The zero-order valence-electron chi connectivity index (χ0n) is 37.3. The number of hydrogen-bond donors (Lipinski definition) is 0. The summed E-state index contributed by atoms with van der Waals surface area (Å²) in [6.07, 6.45) is 4.17. The minimum absolute atomic E-state index is 0.523. The molecule has 0 atom stereocenters. The Morgan fingerprint density at radius 3 is 0.887 bits per heavy atom. The number of hydrogen-bond acceptors (Lipinski definition) is 8. The molecule has 0 aliphatic rings. The Kier molecular flexibility index (Phi) is 14.7. The van der Waals surface area contributed by atoms with Crippen molar-refractivity contribution in [2.75, 3.05) is 39.5 Å². The van der Waals surface area contributed by atoms with Crippen molar-refractivity contribution in [2.45, 2.75) is 106 Å². The van der Waals surface area contributed by atoms with E-state index in [1.807, 2.05) is 0 Å². The van der Waals surface area contributed by atoms with Crippen LogP contribution in [0.1, 0.15) is 76.7 Å². The number of nitrogens with zero attached hydrogens (tertiary/aromatic N) is 10. The molecule has 4 aromatic heterocycles. The van der Waals surface area contributed by atoms with E-state index in [0.717, 1.165) is 110 Å². The van der Waals surface area contributed by atoms with Crippen LogP contribution in [-0.2, 0) is 61.8 Å². The van der Waals surface area contributed by atoms with Crippen LogP contribution in [0.25, 0.3) is 44.1 Å². The molecule has 326 valence electrons. The lowest BCUT2D eigenvalue weighted by atomic mass is 10.3. The van der Waals surface area contributed by atoms with E-state index in [-0.39, 0.29) is 0 Å². The Balaban J connectivity index is 0.921. The minimum Gasteiger partial charge on any atom is -0.378 e. The van der Waals surface area contributed by atoms with Crippen molar-refractivity contribution in [2.24, 2.45) is 0 Å². The molecular formula is C50H64N10O2. The maximum absolute atomic E-state index is 6.30. The Labute approximate surface area is 366 Å². The summed E-state index contributed by atoms with van der Waals surface area (Å²) in [6, 6.07) is 33.9. The lowest BCUT2D eigenvalue weighted by Crippen LogP contribution is -2.31. The van der Waals surface area contributed by atoms with Gasteiger partial charge in [-0.15, -0.1) is 0 Å². The smallest absolute Gasteiger partial charge is 0.124 e. The van der Waals surface area contributed by atoms with Gasteiger partial charge in [-0.3, -0.25) is 9.80 Å². The summed E-state index contributed by atoms with van der Waals surface area (Å²) in [7, 11) is 0. The number of para-hydroxylation sites is 8. The van der Waals surface area contributed by atoms with Gasteiger partial charge in [0.1, 0.15) is 23.3 Å². The number of aromatic nitrogens is 8. The molecule has 62 heavy (non-hydrogen) atoms. The van der Waals surface area contributed by atoms with E-state index in [0.29, 0.717) is 52.6 Å². The molecule has 0 spiro atoms. The highest BCUT2D eigenvalue weighted by molar-refractivity contribution is 5.78. The molecule has 0 saturated carbocycles. The van der Waals surface area contributed by atoms with Crippen LogP contribution in [0.15, 0.2) is 97.1 Å². The largest absolute Gasteiger partial charge is 0.378 e. The van der Waals surface area contributed by atoms with E-state index in [9.17, 15) is 0 Å². The number of imidazole rings is 4. The second-order valence-corrected chi connectivity index (χ2v) is 16.3. The van der Waals surface area contributed by atoms with Gasteiger partial charge in [-0.2, -0.15) is 0 Å². The van der Waals surface area contributed by atoms with Crippen LogP contribution in [0.5, 0.6) is 0 Å². The molecule has 0 N–H and O–H groups in total. The molecule has 0 unspecified atom stereocenters. The van der Waals surface area contributed by atoms with E-state index < -0.39 is 0 Å². The average molecular weight is 837 g/mol. The number of rotatable bonds is 25. The molecule has 0 aliphatic carbocycles. The summed E-state index contributed by atoms with van der Waals surface area (Å²) >= 11 is 0. The molecule has 0 saturated heterocycles. The molecule has 4 heterocycles. The Hall–Kier alpha value is -5.40. The Morgan fingerprint density at radius 2 is 0.629 bits per heavy atom. The maximum Gasteiger partial charge on any atom is 0.124 e. The van der Waals surface area contributed by atoms with Crippen LogP contribution in [0.4, 0.5) is 0 Å². The highest BCUT2D eigenvalue weighted by Crippen LogP contribution is 2.24. The highest BCUT2D eigenvalue weighted by atomic mass is 16.5. The number of aryl methyl sites for hydroxylation is 4. The topological polar surface area (TPSA) is 96.2 Å². The van der Waals surface area contributed by atoms with E-state index in [1.165, 1.54) is 22.1 Å². The second-order valence-electron chi connectivity index (χ2n) is 16.3. The van der Waals surface area contributed by atoms with Gasteiger partial charge in [0.05, 0.1) is 96.7 Å². The third kappa shape index (κ3) is 9.94. The van der Waals surface area contributed by atoms with Crippen molar-refractivity contribution < 1.29 is 9.47 Å². The second kappa shape index (κ2) is 21.1. The molecule has 12 heteroatoms. The molecule has 12 nitrogen and oxygen atoms in total. The van der Waals surface area contributed by atoms with E-state index in [1.54, 1.807) is 0 Å². The van der Waals surface area contributed by atoms with E-state index in [4.69, 9.17) is 29.4 Å². The summed E-state index contributed by atoms with van der Waals surface area (Å²) < 4.78 is 22.1. The number of benzene rings is 4. The lowest BCUT2D eigenvalue weighted by molar-refractivity contribution is 0.0272. The predicted molar refractivity (Wildman–Crippen MR) is 250 cm³/mol. The summed E-state index contributed by atoms with van der Waals surface area (Å²) in [5.41, 5.74) is 8.92. The van der Waals surface area contributed by atoms with Crippen LogP contribution in [-0.4, -0.2) is 87.5 Å². The van der Waals surface area contributed by atoms with Crippen molar-refractivity contribution >= 4 is 44.1 Å². The zero-order chi connectivity index (χ0) is 42.7. The van der Waals surface area contributed by atoms with Gasteiger partial charge in [-0.25, -0.2) is 19.9 Å². The van der Waals surface area contributed by atoms with Crippen LogP contribution in [0.2, 0.25) is 0 Å². The van der Waals surface area contributed by atoms with Crippen LogP contribution < -0.4 is 0 Å². The number of fused-ring (bicyclic) bond motifs is 4. The fourth-order valence-electron chi connectivity index (χ4n) is 8.81. The summed E-state index contributed by atoms with van der Waals surface area (Å²) in [4.78, 5) is 25.4. The molecule has 8 rings (SSSR count). The monoisotopic (exact) mass is 837 g/mol. The van der Waals surface area contributed by atoms with Gasteiger partial charge in [-0.1, -0.05) is 76.2 Å². The van der Waals surface area contributed by atoms with Crippen molar-refractivity contribution in [3.8, 4) is 0 Å². The van der Waals surface area contributed by atoms with Gasteiger partial charge in [0, 0.05) is 39.3 Å². The normalized spacial score (nSPS) is 12.2. The fraction of sp³-hybridized carbons (Fsp3) is 0.440. The van der Waals surface area contributed by atoms with Gasteiger partial charge in [0.2, 0.25) is 0 Å². The van der Waals surface area contributed by atoms with E-state index >= 15 is 0 Å². The van der Waals surface area contributed by atoms with Gasteiger partial charge in [0.15, 0.2) is 0 Å². The zero-order valence-corrected chi connectivity index (χ0v) is 37.3. The first-order valence-electron chi connectivity index (χ1n) is 22.9. The van der Waals surface area contributed by atoms with Gasteiger partial charge in [0.25, 0.3) is 0 Å². The van der Waals surface area contributed by atoms with Crippen molar-refractivity contribution in [3.05, 3.63) is 120 Å². The number of ether oxygens (including phenoxy) is 2. The molecule has 8 aromatic rings.